The van der Waals surface area contributed by atoms with E-state index in [0.29, 0.717) is 29.4 Å². The summed E-state index contributed by atoms with van der Waals surface area (Å²) in [5, 5.41) is 15.2. The molecule has 1 N–H and O–H groups in total. The van der Waals surface area contributed by atoms with Gasteiger partial charge in [-0.05, 0) is 37.5 Å². The monoisotopic (exact) mass is 448 g/mol. The maximum Gasteiger partial charge on any atom is 0.271 e. The lowest BCUT2D eigenvalue weighted by Crippen LogP contribution is -2.19. The molecular weight excluding hydrogens is 428 g/mol. The Morgan fingerprint density at radius 2 is 2.00 bits per heavy atom. The third-order valence-corrected chi connectivity index (χ3v) is 6.16. The highest BCUT2D eigenvalue weighted by Gasteiger charge is 2.25. The van der Waals surface area contributed by atoms with E-state index in [1.165, 1.54) is 30.2 Å². The number of rotatable bonds is 6. The van der Waals surface area contributed by atoms with Crippen molar-refractivity contribution in [3.05, 3.63) is 71.0 Å². The Labute approximate surface area is 188 Å². The molecule has 1 saturated heterocycles. The minimum atomic E-state index is -0.418. The van der Waals surface area contributed by atoms with E-state index in [1.807, 2.05) is 34.9 Å². The van der Waals surface area contributed by atoms with Gasteiger partial charge in [0.2, 0.25) is 5.95 Å². The molecule has 4 aromatic rings. The topological polar surface area (TPSA) is 108 Å². The van der Waals surface area contributed by atoms with Crippen molar-refractivity contribution in [1.29, 1.82) is 0 Å². The lowest BCUT2D eigenvalue weighted by atomic mass is 10.2. The van der Waals surface area contributed by atoms with Gasteiger partial charge in [-0.1, -0.05) is 36.0 Å². The number of benzene rings is 2. The molecule has 2 aromatic heterocycles. The van der Waals surface area contributed by atoms with E-state index < -0.39 is 4.92 Å². The molecule has 1 fully saturated rings. The van der Waals surface area contributed by atoms with Gasteiger partial charge in [0.25, 0.3) is 5.69 Å². The van der Waals surface area contributed by atoms with Crippen LogP contribution in [0.4, 0.5) is 17.3 Å². The normalized spacial score (nSPS) is 16.2. The summed E-state index contributed by atoms with van der Waals surface area (Å²) in [5.41, 5.74) is 1.89. The van der Waals surface area contributed by atoms with Crippen molar-refractivity contribution in [3.8, 4) is 0 Å². The molecule has 10 heteroatoms. The minimum absolute atomic E-state index is 0.00620. The van der Waals surface area contributed by atoms with Crippen molar-refractivity contribution in [3.63, 3.8) is 0 Å². The molecule has 1 aliphatic rings. The zero-order valence-electron chi connectivity index (χ0n) is 17.0. The standard InChI is InChI=1S/C22H20N6O3S/c29-28(30)16-8-6-7-15(13-16)25-22-26-19-20(27(22)18-11-4-5-12-31-18)23-14-24-21(19)32-17-9-2-1-3-10-17/h1-3,6-10,13-14,18H,4-5,11-12H2,(H,25,26). The molecule has 162 valence electrons. The van der Waals surface area contributed by atoms with Gasteiger partial charge >= 0.3 is 0 Å². The predicted molar refractivity (Wildman–Crippen MR) is 121 cm³/mol. The maximum absolute atomic E-state index is 11.2. The quantitative estimate of drug-likeness (QED) is 0.240. The Kier molecular flexibility index (Phi) is 5.70. The SMILES string of the molecule is O=[N+]([O-])c1cccc(Nc2nc3c(Sc4ccccc4)ncnc3n2C2CCCCO2)c1. The van der Waals surface area contributed by atoms with E-state index in [2.05, 4.69) is 15.3 Å². The minimum Gasteiger partial charge on any atom is -0.358 e. The summed E-state index contributed by atoms with van der Waals surface area (Å²) >= 11 is 1.51. The highest BCUT2D eigenvalue weighted by molar-refractivity contribution is 7.99. The van der Waals surface area contributed by atoms with Crippen LogP contribution in [0, 0.1) is 10.1 Å². The Balaban J connectivity index is 1.59. The van der Waals surface area contributed by atoms with Gasteiger partial charge in [-0.3, -0.25) is 14.7 Å². The fourth-order valence-electron chi connectivity index (χ4n) is 3.68. The second-order valence-electron chi connectivity index (χ2n) is 7.33. The molecule has 32 heavy (non-hydrogen) atoms. The number of imidazole rings is 1. The van der Waals surface area contributed by atoms with E-state index in [4.69, 9.17) is 9.72 Å². The number of nitrogens with zero attached hydrogens (tertiary/aromatic N) is 5. The van der Waals surface area contributed by atoms with Crippen LogP contribution in [0.15, 0.2) is 70.8 Å². The maximum atomic E-state index is 11.2. The number of nitro benzene ring substituents is 1. The zero-order chi connectivity index (χ0) is 21.9. The summed E-state index contributed by atoms with van der Waals surface area (Å²) in [5.74, 6) is 0.516. The van der Waals surface area contributed by atoms with Crippen LogP contribution >= 0.6 is 11.8 Å². The molecular formula is C22H20N6O3S. The van der Waals surface area contributed by atoms with E-state index >= 15 is 0 Å². The van der Waals surface area contributed by atoms with Gasteiger partial charge in [-0.15, -0.1) is 0 Å². The fraction of sp³-hybridized carbons (Fsp3) is 0.227. The molecule has 0 aliphatic carbocycles. The van der Waals surface area contributed by atoms with Crippen molar-refractivity contribution in [2.75, 3.05) is 11.9 Å². The number of anilines is 2. The molecule has 1 aliphatic heterocycles. The number of aromatic nitrogens is 4. The Bertz CT molecular complexity index is 1260. The first-order valence-electron chi connectivity index (χ1n) is 10.3. The fourth-order valence-corrected chi connectivity index (χ4v) is 4.53. The van der Waals surface area contributed by atoms with Crippen molar-refractivity contribution in [1.82, 2.24) is 19.5 Å². The van der Waals surface area contributed by atoms with Crippen LogP contribution in [-0.2, 0) is 4.74 Å². The molecule has 0 spiro atoms. The molecule has 0 bridgehead atoms. The first kappa shape index (κ1) is 20.4. The van der Waals surface area contributed by atoms with Crippen LogP contribution in [0.5, 0.6) is 0 Å². The molecule has 0 saturated carbocycles. The average Bonchev–Trinajstić information content (AvgIpc) is 3.19. The van der Waals surface area contributed by atoms with Crippen LogP contribution in [0.25, 0.3) is 11.2 Å². The van der Waals surface area contributed by atoms with E-state index in [1.54, 1.807) is 12.1 Å². The van der Waals surface area contributed by atoms with E-state index in [0.717, 1.165) is 29.2 Å². The molecule has 0 radical (unpaired) electrons. The zero-order valence-corrected chi connectivity index (χ0v) is 17.9. The smallest absolute Gasteiger partial charge is 0.271 e. The highest BCUT2D eigenvalue weighted by atomic mass is 32.2. The third-order valence-electron chi connectivity index (χ3n) is 5.16. The van der Waals surface area contributed by atoms with Gasteiger partial charge in [-0.2, -0.15) is 0 Å². The Morgan fingerprint density at radius 3 is 2.78 bits per heavy atom. The Morgan fingerprint density at radius 1 is 1.12 bits per heavy atom. The summed E-state index contributed by atoms with van der Waals surface area (Å²) in [4.78, 5) is 25.6. The number of nitro groups is 1. The van der Waals surface area contributed by atoms with Crippen molar-refractivity contribution in [2.45, 2.75) is 35.4 Å². The van der Waals surface area contributed by atoms with Crippen LogP contribution in [0.2, 0.25) is 0 Å². The lowest BCUT2D eigenvalue weighted by Gasteiger charge is -2.25. The summed E-state index contributed by atoms with van der Waals surface area (Å²) < 4.78 is 7.97. The number of hydrogen-bond acceptors (Lipinski definition) is 8. The summed E-state index contributed by atoms with van der Waals surface area (Å²) in [6, 6.07) is 16.3. The summed E-state index contributed by atoms with van der Waals surface area (Å²) in [6.07, 6.45) is 4.20. The van der Waals surface area contributed by atoms with E-state index in [-0.39, 0.29) is 11.9 Å². The molecule has 2 aromatic carbocycles. The van der Waals surface area contributed by atoms with Gasteiger partial charge in [0.05, 0.1) is 4.92 Å². The molecule has 1 unspecified atom stereocenters. The molecule has 5 rings (SSSR count). The summed E-state index contributed by atoms with van der Waals surface area (Å²) in [6.45, 7) is 0.664. The number of ether oxygens (including phenoxy) is 1. The van der Waals surface area contributed by atoms with Crippen LogP contribution in [0.1, 0.15) is 25.5 Å². The van der Waals surface area contributed by atoms with Crippen molar-refractivity contribution < 1.29 is 9.66 Å². The van der Waals surface area contributed by atoms with Crippen molar-refractivity contribution in [2.24, 2.45) is 0 Å². The van der Waals surface area contributed by atoms with E-state index in [9.17, 15) is 10.1 Å². The third kappa shape index (κ3) is 4.14. The van der Waals surface area contributed by atoms with Crippen LogP contribution < -0.4 is 5.32 Å². The Hall–Kier alpha value is -3.50. The largest absolute Gasteiger partial charge is 0.358 e. The summed E-state index contributed by atoms with van der Waals surface area (Å²) in [7, 11) is 0. The van der Waals surface area contributed by atoms with Crippen LogP contribution in [0.3, 0.4) is 0 Å². The van der Waals surface area contributed by atoms with Crippen molar-refractivity contribution >= 4 is 40.2 Å². The average molecular weight is 449 g/mol. The lowest BCUT2D eigenvalue weighted by molar-refractivity contribution is -0.384. The van der Waals surface area contributed by atoms with Gasteiger partial charge in [0.15, 0.2) is 5.65 Å². The number of nitrogens with one attached hydrogen (secondary N) is 1. The molecule has 1 atom stereocenters. The molecule has 9 nitrogen and oxygen atoms in total. The second kappa shape index (κ2) is 8.93. The highest BCUT2D eigenvalue weighted by Crippen LogP contribution is 2.36. The molecule has 0 amide bonds. The predicted octanol–water partition coefficient (Wildman–Crippen LogP) is 5.33. The molecule has 3 heterocycles. The van der Waals surface area contributed by atoms with Gasteiger partial charge < -0.3 is 10.1 Å². The first-order valence-corrected chi connectivity index (χ1v) is 11.1. The van der Waals surface area contributed by atoms with Gasteiger partial charge in [0, 0.05) is 29.3 Å². The van der Waals surface area contributed by atoms with Gasteiger partial charge in [-0.25, -0.2) is 15.0 Å². The first-order chi connectivity index (χ1) is 15.7. The second-order valence-corrected chi connectivity index (χ2v) is 8.39. The number of hydrogen-bond donors (Lipinski definition) is 1. The number of fused-ring (bicyclic) bond motifs is 1. The number of non-ortho nitro benzene ring substituents is 1. The van der Waals surface area contributed by atoms with Crippen LogP contribution in [-0.4, -0.2) is 31.0 Å². The van der Waals surface area contributed by atoms with Gasteiger partial charge in [0.1, 0.15) is 23.1 Å².